The summed E-state index contributed by atoms with van der Waals surface area (Å²) in [6.07, 6.45) is 0. The average Bonchev–Trinajstić information content (AvgIpc) is 3.31. The van der Waals surface area contributed by atoms with E-state index in [1.807, 2.05) is 30.3 Å². The van der Waals surface area contributed by atoms with Gasteiger partial charge in [-0.05, 0) is 36.4 Å². The van der Waals surface area contributed by atoms with Gasteiger partial charge in [-0.3, -0.25) is 9.59 Å². The van der Waals surface area contributed by atoms with Crippen LogP contribution in [0.25, 0.3) is 11.5 Å². The molecule has 0 aliphatic carbocycles. The quantitative estimate of drug-likeness (QED) is 0.445. The lowest BCUT2D eigenvalue weighted by atomic mass is 10.2. The van der Waals surface area contributed by atoms with Crippen molar-refractivity contribution in [1.82, 2.24) is 19.8 Å². The predicted molar refractivity (Wildman–Crippen MR) is 118 cm³/mol. The van der Waals surface area contributed by atoms with E-state index in [0.717, 1.165) is 5.56 Å². The highest BCUT2D eigenvalue weighted by atomic mass is 32.2. The second-order valence-corrected chi connectivity index (χ2v) is 8.76. The van der Waals surface area contributed by atoms with Crippen LogP contribution in [0.15, 0.2) is 63.9 Å². The van der Waals surface area contributed by atoms with Gasteiger partial charge in [-0.15, -0.1) is 10.2 Å². The Hall–Kier alpha value is -3.57. The lowest BCUT2D eigenvalue weighted by Crippen LogP contribution is -2.31. The molecule has 3 rings (SSSR count). The molecule has 0 atom stereocenters. The summed E-state index contributed by atoms with van der Waals surface area (Å²) >= 11 is 0. The van der Waals surface area contributed by atoms with Crippen LogP contribution in [0.1, 0.15) is 30.1 Å². The fourth-order valence-electron chi connectivity index (χ4n) is 2.95. The van der Waals surface area contributed by atoms with E-state index in [4.69, 9.17) is 9.15 Å². The maximum absolute atomic E-state index is 12.5. The van der Waals surface area contributed by atoms with Gasteiger partial charge in [0.15, 0.2) is 6.61 Å². The summed E-state index contributed by atoms with van der Waals surface area (Å²) in [5.41, 5.74) is 0.955. The number of amides is 1. The molecule has 1 heterocycles. The molecule has 0 aliphatic heterocycles. The summed E-state index contributed by atoms with van der Waals surface area (Å²) in [5.74, 6) is -0.800. The second kappa shape index (κ2) is 10.8. The number of hydrogen-bond donors (Lipinski definition) is 1. The van der Waals surface area contributed by atoms with E-state index in [9.17, 15) is 18.0 Å². The van der Waals surface area contributed by atoms with Crippen molar-refractivity contribution in [1.29, 1.82) is 0 Å². The van der Waals surface area contributed by atoms with Crippen molar-refractivity contribution < 1.29 is 27.2 Å². The van der Waals surface area contributed by atoms with E-state index < -0.39 is 21.9 Å². The van der Waals surface area contributed by atoms with Crippen LogP contribution in [-0.2, 0) is 26.2 Å². The molecule has 0 unspecified atom stereocenters. The number of nitrogens with one attached hydrogen (secondary N) is 1. The van der Waals surface area contributed by atoms with E-state index in [-0.39, 0.29) is 29.5 Å². The van der Waals surface area contributed by atoms with Crippen LogP contribution in [0, 0.1) is 0 Å². The normalized spacial score (nSPS) is 11.4. The number of benzene rings is 2. The smallest absolute Gasteiger partial charge is 0.325 e. The molecule has 3 aromatic rings. The van der Waals surface area contributed by atoms with Crippen molar-refractivity contribution in [3.05, 3.63) is 66.1 Å². The summed E-state index contributed by atoms with van der Waals surface area (Å²) in [7, 11) is -3.61. The highest BCUT2D eigenvalue weighted by Crippen LogP contribution is 2.18. The van der Waals surface area contributed by atoms with Crippen LogP contribution < -0.4 is 5.32 Å². The monoisotopic (exact) mass is 472 g/mol. The Morgan fingerprint density at radius 2 is 1.67 bits per heavy atom. The highest BCUT2D eigenvalue weighted by Gasteiger charge is 2.21. The number of hydrogen-bond acceptors (Lipinski definition) is 8. The lowest BCUT2D eigenvalue weighted by molar-refractivity contribution is -0.144. The maximum Gasteiger partial charge on any atom is 0.325 e. The molecule has 2 aromatic carbocycles. The van der Waals surface area contributed by atoms with Gasteiger partial charge in [-0.1, -0.05) is 32.0 Å². The number of sulfonamides is 1. The molecular weight excluding hydrogens is 448 g/mol. The van der Waals surface area contributed by atoms with Gasteiger partial charge in [0.1, 0.15) is 6.54 Å². The summed E-state index contributed by atoms with van der Waals surface area (Å²) in [6.45, 7) is 3.59. The van der Waals surface area contributed by atoms with Crippen LogP contribution >= 0.6 is 0 Å². The summed E-state index contributed by atoms with van der Waals surface area (Å²) < 4.78 is 36.8. The zero-order chi connectivity index (χ0) is 23.8. The van der Waals surface area contributed by atoms with E-state index in [0.29, 0.717) is 19.0 Å². The van der Waals surface area contributed by atoms with Crippen molar-refractivity contribution in [3.8, 4) is 11.5 Å². The van der Waals surface area contributed by atoms with Gasteiger partial charge in [0.2, 0.25) is 15.9 Å². The Kier molecular flexibility index (Phi) is 7.91. The van der Waals surface area contributed by atoms with E-state index in [2.05, 4.69) is 15.5 Å². The summed E-state index contributed by atoms with van der Waals surface area (Å²) in [6, 6.07) is 14.6. The topological polar surface area (TPSA) is 132 Å². The van der Waals surface area contributed by atoms with Crippen molar-refractivity contribution in [2.24, 2.45) is 0 Å². The van der Waals surface area contributed by atoms with Gasteiger partial charge < -0.3 is 14.5 Å². The number of carbonyl (C=O) groups excluding carboxylic acids is 2. The van der Waals surface area contributed by atoms with Crippen LogP contribution in [0.5, 0.6) is 0 Å². The molecule has 0 radical (unpaired) electrons. The van der Waals surface area contributed by atoms with Crippen LogP contribution in [0.3, 0.4) is 0 Å². The molecule has 0 spiro atoms. The number of esters is 1. The Morgan fingerprint density at radius 1 is 1.00 bits per heavy atom. The summed E-state index contributed by atoms with van der Waals surface area (Å²) in [5, 5.41) is 10.2. The molecule has 0 fully saturated rings. The van der Waals surface area contributed by atoms with Gasteiger partial charge in [0, 0.05) is 24.2 Å². The third kappa shape index (κ3) is 6.02. The summed E-state index contributed by atoms with van der Waals surface area (Å²) in [4.78, 5) is 24.3. The first kappa shape index (κ1) is 24.1. The fraction of sp³-hybridized carbons (Fsp3) is 0.273. The molecule has 0 saturated carbocycles. The molecule has 0 aliphatic rings. The largest absolute Gasteiger partial charge is 0.454 e. The van der Waals surface area contributed by atoms with E-state index >= 15 is 0 Å². The Balaban J connectivity index is 1.49. The van der Waals surface area contributed by atoms with Crippen LogP contribution in [-0.4, -0.2) is 54.4 Å². The molecule has 11 heteroatoms. The van der Waals surface area contributed by atoms with Crippen molar-refractivity contribution in [3.63, 3.8) is 0 Å². The SMILES string of the molecule is CCN(CC)S(=O)(=O)c1ccc(C(=O)NCC(=O)OCc2nnc(-c3ccccc3)o2)cc1. The van der Waals surface area contributed by atoms with Gasteiger partial charge in [-0.2, -0.15) is 4.31 Å². The molecule has 0 bridgehead atoms. The minimum absolute atomic E-state index is 0.0941. The van der Waals surface area contributed by atoms with Gasteiger partial charge >= 0.3 is 5.97 Å². The number of aromatic nitrogens is 2. The molecule has 1 N–H and O–H groups in total. The standard InChI is InChI=1S/C22H24N4O6S/c1-3-26(4-2)33(29,30)18-12-10-16(11-13-18)21(28)23-14-20(27)31-15-19-24-25-22(32-19)17-8-6-5-7-9-17/h5-13H,3-4,14-15H2,1-2H3,(H,23,28). The predicted octanol–water partition coefficient (Wildman–Crippen LogP) is 2.24. The Bertz CT molecular complexity index is 1190. The fourth-order valence-corrected chi connectivity index (χ4v) is 4.41. The first-order chi connectivity index (χ1) is 15.8. The minimum Gasteiger partial charge on any atom is -0.454 e. The van der Waals surface area contributed by atoms with E-state index in [1.54, 1.807) is 13.8 Å². The molecule has 174 valence electrons. The van der Waals surface area contributed by atoms with Crippen LogP contribution in [0.2, 0.25) is 0 Å². The van der Waals surface area contributed by atoms with Crippen molar-refractivity contribution >= 4 is 21.9 Å². The Labute approximate surface area is 191 Å². The van der Waals surface area contributed by atoms with Gasteiger partial charge in [0.05, 0.1) is 4.90 Å². The zero-order valence-corrected chi connectivity index (χ0v) is 19.0. The molecule has 1 amide bonds. The third-order valence-corrected chi connectivity index (χ3v) is 6.76. The van der Waals surface area contributed by atoms with Crippen LogP contribution in [0.4, 0.5) is 0 Å². The second-order valence-electron chi connectivity index (χ2n) is 6.82. The molecular formula is C22H24N4O6S. The average molecular weight is 473 g/mol. The maximum atomic E-state index is 12.5. The van der Waals surface area contributed by atoms with Gasteiger partial charge in [0.25, 0.3) is 11.8 Å². The minimum atomic E-state index is -3.61. The number of nitrogens with zero attached hydrogens (tertiary/aromatic N) is 3. The van der Waals surface area contributed by atoms with Gasteiger partial charge in [-0.25, -0.2) is 8.42 Å². The van der Waals surface area contributed by atoms with Crippen molar-refractivity contribution in [2.75, 3.05) is 19.6 Å². The molecule has 33 heavy (non-hydrogen) atoms. The first-order valence-corrected chi connectivity index (χ1v) is 11.7. The highest BCUT2D eigenvalue weighted by molar-refractivity contribution is 7.89. The third-order valence-electron chi connectivity index (χ3n) is 4.70. The van der Waals surface area contributed by atoms with Crippen molar-refractivity contribution in [2.45, 2.75) is 25.3 Å². The zero-order valence-electron chi connectivity index (χ0n) is 18.2. The molecule has 0 saturated heterocycles. The Morgan fingerprint density at radius 3 is 2.30 bits per heavy atom. The molecule has 1 aromatic heterocycles. The lowest BCUT2D eigenvalue weighted by Gasteiger charge is -2.18. The molecule has 10 nitrogen and oxygen atoms in total. The number of ether oxygens (including phenoxy) is 1. The number of carbonyl (C=O) groups is 2. The number of rotatable bonds is 10. The first-order valence-electron chi connectivity index (χ1n) is 10.3. The van der Waals surface area contributed by atoms with E-state index in [1.165, 1.54) is 28.6 Å².